The van der Waals surface area contributed by atoms with Crippen LogP contribution in [0.25, 0.3) is 0 Å². The first kappa shape index (κ1) is 11.9. The molecule has 3 nitrogen and oxygen atoms in total. The highest BCUT2D eigenvalue weighted by Crippen LogP contribution is 2.34. The molecule has 3 aliphatic rings. The highest BCUT2D eigenvalue weighted by molar-refractivity contribution is 4.90. The minimum atomic E-state index is 0.477. The summed E-state index contributed by atoms with van der Waals surface area (Å²) in [4.78, 5) is 2.69. The number of nitrogens with one attached hydrogen (secondary N) is 1. The van der Waals surface area contributed by atoms with Crippen LogP contribution in [-0.4, -0.2) is 49.8 Å². The summed E-state index contributed by atoms with van der Waals surface area (Å²) in [7, 11) is 0. The van der Waals surface area contributed by atoms with Crippen molar-refractivity contribution in [1.82, 2.24) is 10.2 Å². The first-order valence-electron chi connectivity index (χ1n) is 7.40. The second-order valence-electron chi connectivity index (χ2n) is 6.14. The molecule has 3 rings (SSSR count). The average molecular weight is 238 g/mol. The van der Waals surface area contributed by atoms with Crippen molar-refractivity contribution in [2.45, 2.75) is 44.8 Å². The second-order valence-corrected chi connectivity index (χ2v) is 6.14. The van der Waals surface area contributed by atoms with Crippen LogP contribution in [0.15, 0.2) is 0 Å². The van der Waals surface area contributed by atoms with Crippen LogP contribution in [0.1, 0.15) is 32.6 Å². The lowest BCUT2D eigenvalue weighted by atomic mass is 10.0. The van der Waals surface area contributed by atoms with Gasteiger partial charge in [0, 0.05) is 25.7 Å². The molecule has 0 aromatic rings. The molecule has 3 heteroatoms. The van der Waals surface area contributed by atoms with Crippen molar-refractivity contribution in [3.63, 3.8) is 0 Å². The molecule has 0 radical (unpaired) electrons. The molecule has 2 saturated heterocycles. The van der Waals surface area contributed by atoms with Gasteiger partial charge in [-0.1, -0.05) is 0 Å². The smallest absolute Gasteiger partial charge is 0.0588 e. The Morgan fingerprint density at radius 3 is 2.88 bits per heavy atom. The summed E-state index contributed by atoms with van der Waals surface area (Å²) in [6, 6.07) is 0.773. The van der Waals surface area contributed by atoms with Gasteiger partial charge in [-0.25, -0.2) is 0 Å². The van der Waals surface area contributed by atoms with Crippen LogP contribution < -0.4 is 5.32 Å². The Morgan fingerprint density at radius 2 is 2.18 bits per heavy atom. The van der Waals surface area contributed by atoms with E-state index < -0.39 is 0 Å². The zero-order valence-electron chi connectivity index (χ0n) is 11.0. The molecule has 2 aliphatic heterocycles. The SMILES string of the molecule is CC1OCCC1CN1CCCNC(C2CC2)C1. The number of ether oxygens (including phenoxy) is 1. The van der Waals surface area contributed by atoms with Gasteiger partial charge >= 0.3 is 0 Å². The molecule has 0 amide bonds. The van der Waals surface area contributed by atoms with Gasteiger partial charge in [0.15, 0.2) is 0 Å². The summed E-state index contributed by atoms with van der Waals surface area (Å²) in [6.45, 7) is 8.24. The number of hydrogen-bond donors (Lipinski definition) is 1. The van der Waals surface area contributed by atoms with E-state index in [9.17, 15) is 0 Å². The Kier molecular flexibility index (Phi) is 3.69. The zero-order valence-corrected chi connectivity index (χ0v) is 11.0. The fraction of sp³-hybridized carbons (Fsp3) is 1.00. The van der Waals surface area contributed by atoms with Crippen LogP contribution >= 0.6 is 0 Å². The van der Waals surface area contributed by atoms with Gasteiger partial charge < -0.3 is 15.0 Å². The van der Waals surface area contributed by atoms with E-state index in [2.05, 4.69) is 17.1 Å². The van der Waals surface area contributed by atoms with Gasteiger partial charge in [-0.3, -0.25) is 0 Å². The summed E-state index contributed by atoms with van der Waals surface area (Å²) in [5.74, 6) is 1.75. The van der Waals surface area contributed by atoms with Crippen molar-refractivity contribution in [1.29, 1.82) is 0 Å². The highest BCUT2D eigenvalue weighted by atomic mass is 16.5. The Labute approximate surface area is 105 Å². The van der Waals surface area contributed by atoms with Gasteiger partial charge in [-0.2, -0.15) is 0 Å². The van der Waals surface area contributed by atoms with Crippen LogP contribution in [-0.2, 0) is 4.74 Å². The summed E-state index contributed by atoms with van der Waals surface area (Å²) >= 11 is 0. The maximum absolute atomic E-state index is 5.68. The Hall–Kier alpha value is -0.120. The van der Waals surface area contributed by atoms with Crippen molar-refractivity contribution in [2.75, 3.05) is 32.8 Å². The summed E-state index contributed by atoms with van der Waals surface area (Å²) in [6.07, 6.45) is 5.96. The van der Waals surface area contributed by atoms with Crippen molar-refractivity contribution >= 4 is 0 Å². The van der Waals surface area contributed by atoms with Gasteiger partial charge in [0.1, 0.15) is 0 Å². The number of nitrogens with zero attached hydrogens (tertiary/aromatic N) is 1. The van der Waals surface area contributed by atoms with E-state index in [1.54, 1.807) is 0 Å². The zero-order chi connectivity index (χ0) is 11.7. The van der Waals surface area contributed by atoms with Crippen molar-refractivity contribution in [2.24, 2.45) is 11.8 Å². The van der Waals surface area contributed by atoms with Crippen LogP contribution in [0.5, 0.6) is 0 Å². The third-order valence-corrected chi connectivity index (χ3v) is 4.73. The maximum atomic E-state index is 5.68. The molecule has 1 N–H and O–H groups in total. The summed E-state index contributed by atoms with van der Waals surface area (Å²) < 4.78 is 5.68. The predicted octanol–water partition coefficient (Wildman–Crippen LogP) is 1.49. The van der Waals surface area contributed by atoms with Crippen LogP contribution in [0.2, 0.25) is 0 Å². The Bertz CT molecular complexity index is 255. The molecule has 3 atom stereocenters. The third-order valence-electron chi connectivity index (χ3n) is 4.73. The lowest BCUT2D eigenvalue weighted by Crippen LogP contribution is -2.41. The van der Waals surface area contributed by atoms with Gasteiger partial charge in [0.25, 0.3) is 0 Å². The first-order chi connectivity index (χ1) is 8.33. The van der Waals surface area contributed by atoms with Gasteiger partial charge in [0.2, 0.25) is 0 Å². The van der Waals surface area contributed by atoms with E-state index in [0.29, 0.717) is 6.10 Å². The quantitative estimate of drug-likeness (QED) is 0.806. The molecule has 0 aromatic heterocycles. The van der Waals surface area contributed by atoms with E-state index in [1.165, 1.54) is 51.9 Å². The molecule has 17 heavy (non-hydrogen) atoms. The van der Waals surface area contributed by atoms with Crippen LogP contribution in [0, 0.1) is 11.8 Å². The number of hydrogen-bond acceptors (Lipinski definition) is 3. The molecule has 1 saturated carbocycles. The van der Waals surface area contributed by atoms with Gasteiger partial charge in [-0.05, 0) is 57.5 Å². The topological polar surface area (TPSA) is 24.5 Å². The molecule has 0 bridgehead atoms. The summed E-state index contributed by atoms with van der Waals surface area (Å²) in [5, 5.41) is 3.74. The predicted molar refractivity (Wildman–Crippen MR) is 69.1 cm³/mol. The lowest BCUT2D eigenvalue weighted by molar-refractivity contribution is 0.0917. The summed E-state index contributed by atoms with van der Waals surface area (Å²) in [5.41, 5.74) is 0. The van der Waals surface area contributed by atoms with E-state index in [0.717, 1.165) is 24.5 Å². The van der Waals surface area contributed by atoms with Crippen LogP contribution in [0.4, 0.5) is 0 Å². The molecule has 0 aromatic carbocycles. The largest absolute Gasteiger partial charge is 0.378 e. The standard InChI is InChI=1S/C14H26N2O/c1-11-13(5-8-17-11)9-16-7-2-6-15-14(10-16)12-3-4-12/h11-15H,2-10H2,1H3. The molecule has 98 valence electrons. The van der Waals surface area contributed by atoms with Crippen molar-refractivity contribution < 1.29 is 4.74 Å². The molecular weight excluding hydrogens is 212 g/mol. The van der Waals surface area contributed by atoms with Gasteiger partial charge in [0.05, 0.1) is 6.10 Å². The Morgan fingerprint density at radius 1 is 1.29 bits per heavy atom. The van der Waals surface area contributed by atoms with E-state index in [-0.39, 0.29) is 0 Å². The molecule has 3 fully saturated rings. The number of rotatable bonds is 3. The molecule has 0 spiro atoms. The molecule has 2 heterocycles. The van der Waals surface area contributed by atoms with Gasteiger partial charge in [-0.15, -0.1) is 0 Å². The van der Waals surface area contributed by atoms with E-state index >= 15 is 0 Å². The van der Waals surface area contributed by atoms with Crippen LogP contribution in [0.3, 0.4) is 0 Å². The normalized spacial score (nSPS) is 40.4. The fourth-order valence-electron chi connectivity index (χ4n) is 3.35. The molecular formula is C14H26N2O. The highest BCUT2D eigenvalue weighted by Gasteiger charge is 2.34. The van der Waals surface area contributed by atoms with Crippen molar-refractivity contribution in [3.05, 3.63) is 0 Å². The van der Waals surface area contributed by atoms with E-state index in [4.69, 9.17) is 4.74 Å². The Balaban J connectivity index is 1.53. The molecule has 3 unspecified atom stereocenters. The minimum absolute atomic E-state index is 0.477. The minimum Gasteiger partial charge on any atom is -0.378 e. The lowest BCUT2D eigenvalue weighted by Gasteiger charge is -2.28. The second kappa shape index (κ2) is 5.25. The fourth-order valence-corrected chi connectivity index (χ4v) is 3.35. The monoisotopic (exact) mass is 238 g/mol. The maximum Gasteiger partial charge on any atom is 0.0588 e. The molecule has 1 aliphatic carbocycles. The van der Waals surface area contributed by atoms with Crippen molar-refractivity contribution in [3.8, 4) is 0 Å². The van der Waals surface area contributed by atoms with E-state index in [1.807, 2.05) is 0 Å². The average Bonchev–Trinajstić information content (AvgIpc) is 3.09. The first-order valence-corrected chi connectivity index (χ1v) is 7.40. The third kappa shape index (κ3) is 3.01.